The normalized spacial score (nSPS) is 13.2. The van der Waals surface area contributed by atoms with Gasteiger partial charge in [-0.05, 0) is 50.8 Å². The summed E-state index contributed by atoms with van der Waals surface area (Å²) >= 11 is 0. The Balaban J connectivity index is 1.20. The van der Waals surface area contributed by atoms with Gasteiger partial charge < -0.3 is 4.74 Å². The van der Waals surface area contributed by atoms with E-state index in [1.807, 2.05) is 13.8 Å². The minimum atomic E-state index is -0.293. The minimum absolute atomic E-state index is 0.238. The molecule has 1 aliphatic heterocycles. The van der Waals surface area contributed by atoms with E-state index >= 15 is 0 Å². The van der Waals surface area contributed by atoms with E-state index in [2.05, 4.69) is 15.1 Å². The van der Waals surface area contributed by atoms with Crippen LogP contribution in [0.5, 0.6) is 0 Å². The van der Waals surface area contributed by atoms with Gasteiger partial charge in [0, 0.05) is 24.4 Å². The average molecular weight is 421 g/mol. The highest BCUT2D eigenvalue weighted by atomic mass is 16.5. The quantitative estimate of drug-likeness (QED) is 0.312. The number of ether oxygens (including phenoxy) is 1. The Labute approximate surface area is 179 Å². The van der Waals surface area contributed by atoms with Gasteiger partial charge in [-0.15, -0.1) is 0 Å². The van der Waals surface area contributed by atoms with Gasteiger partial charge >= 0.3 is 5.97 Å². The second-order valence-electron chi connectivity index (χ2n) is 7.47. The first kappa shape index (κ1) is 20.6. The molecule has 0 radical (unpaired) electrons. The van der Waals surface area contributed by atoms with Crippen molar-refractivity contribution in [3.05, 3.63) is 58.7 Å². The summed E-state index contributed by atoms with van der Waals surface area (Å²) in [6.45, 7) is 4.38. The highest BCUT2D eigenvalue weighted by Crippen LogP contribution is 2.22. The van der Waals surface area contributed by atoms with Gasteiger partial charge in [0.25, 0.3) is 17.6 Å². The number of hydrogen-bond donors (Lipinski definition) is 0. The van der Waals surface area contributed by atoms with E-state index in [9.17, 15) is 14.4 Å². The lowest BCUT2D eigenvalue weighted by Gasteiger charge is -2.13. The molecule has 31 heavy (non-hydrogen) atoms. The third-order valence-corrected chi connectivity index (χ3v) is 5.49. The maximum atomic E-state index is 12.3. The third-order valence-electron chi connectivity index (χ3n) is 5.49. The lowest BCUT2D eigenvalue weighted by atomic mass is 10.1. The van der Waals surface area contributed by atoms with E-state index in [-0.39, 0.29) is 30.8 Å². The number of nitrogens with zero attached hydrogens (tertiary/aromatic N) is 5. The van der Waals surface area contributed by atoms with E-state index in [1.165, 1.54) is 11.2 Å². The fraction of sp³-hybridized carbons (Fsp3) is 0.364. The van der Waals surface area contributed by atoms with Crippen LogP contribution in [0, 0.1) is 13.8 Å². The van der Waals surface area contributed by atoms with Gasteiger partial charge in [0.15, 0.2) is 0 Å². The van der Waals surface area contributed by atoms with Crippen molar-refractivity contribution < 1.29 is 19.1 Å². The smallest absolute Gasteiger partial charge is 0.306 e. The van der Waals surface area contributed by atoms with Crippen LogP contribution < -0.4 is 0 Å². The summed E-state index contributed by atoms with van der Waals surface area (Å²) in [5.41, 5.74) is 3.59. The molecule has 1 aromatic carbocycles. The zero-order valence-electron chi connectivity index (χ0n) is 17.5. The van der Waals surface area contributed by atoms with Crippen molar-refractivity contribution in [2.24, 2.45) is 0 Å². The molecule has 0 atom stereocenters. The number of fused-ring (bicyclic) bond motifs is 2. The predicted octanol–water partition coefficient (Wildman–Crippen LogP) is 2.29. The van der Waals surface area contributed by atoms with Gasteiger partial charge in [-0.2, -0.15) is 10.1 Å². The Bertz CT molecular complexity index is 1130. The molecular formula is C22H23N5O4. The second-order valence-corrected chi connectivity index (χ2v) is 7.47. The van der Waals surface area contributed by atoms with Crippen LogP contribution in [0.25, 0.3) is 5.78 Å². The molecule has 2 aromatic heterocycles. The third kappa shape index (κ3) is 4.03. The Morgan fingerprint density at radius 1 is 1.06 bits per heavy atom. The van der Waals surface area contributed by atoms with Crippen LogP contribution in [0.4, 0.5) is 0 Å². The summed E-state index contributed by atoms with van der Waals surface area (Å²) in [6, 6.07) is 6.82. The molecule has 0 bridgehead atoms. The maximum Gasteiger partial charge on any atom is 0.306 e. The number of imide groups is 1. The van der Waals surface area contributed by atoms with Crippen molar-refractivity contribution >= 4 is 23.6 Å². The first-order valence-electron chi connectivity index (χ1n) is 10.2. The molecule has 160 valence electrons. The fourth-order valence-electron chi connectivity index (χ4n) is 3.82. The molecule has 9 heteroatoms. The van der Waals surface area contributed by atoms with Crippen LogP contribution in [0.2, 0.25) is 0 Å². The number of aromatic nitrogens is 4. The number of carbonyl (C=O) groups is 3. The lowest BCUT2D eigenvalue weighted by Crippen LogP contribution is -2.30. The lowest BCUT2D eigenvalue weighted by molar-refractivity contribution is -0.143. The molecule has 4 rings (SSSR count). The Kier molecular flexibility index (Phi) is 5.75. The van der Waals surface area contributed by atoms with Gasteiger partial charge in [-0.25, -0.2) is 9.50 Å². The molecule has 0 fully saturated rings. The fourth-order valence-corrected chi connectivity index (χ4v) is 3.82. The van der Waals surface area contributed by atoms with Crippen LogP contribution in [-0.4, -0.2) is 55.4 Å². The summed E-state index contributed by atoms with van der Waals surface area (Å²) < 4.78 is 6.97. The molecule has 0 aliphatic carbocycles. The Morgan fingerprint density at radius 3 is 2.48 bits per heavy atom. The number of carbonyl (C=O) groups excluding carboxylic acids is 3. The van der Waals surface area contributed by atoms with E-state index in [1.54, 1.807) is 28.8 Å². The number of amides is 2. The van der Waals surface area contributed by atoms with Crippen molar-refractivity contribution in [1.29, 1.82) is 0 Å². The highest BCUT2D eigenvalue weighted by molar-refractivity contribution is 6.21. The number of benzene rings is 1. The summed E-state index contributed by atoms with van der Waals surface area (Å²) in [7, 11) is 0. The molecular weight excluding hydrogens is 398 g/mol. The Hall–Kier alpha value is -3.62. The molecule has 3 aromatic rings. The van der Waals surface area contributed by atoms with Crippen LogP contribution >= 0.6 is 0 Å². The van der Waals surface area contributed by atoms with Crippen molar-refractivity contribution in [3.8, 4) is 0 Å². The van der Waals surface area contributed by atoms with Crippen LogP contribution in [-0.2, 0) is 16.0 Å². The number of rotatable bonds is 8. The van der Waals surface area contributed by atoms with Gasteiger partial charge in [-0.1, -0.05) is 12.1 Å². The van der Waals surface area contributed by atoms with Crippen molar-refractivity contribution in [3.63, 3.8) is 0 Å². The highest BCUT2D eigenvalue weighted by Gasteiger charge is 2.34. The monoisotopic (exact) mass is 421 g/mol. The van der Waals surface area contributed by atoms with Crippen molar-refractivity contribution in [1.82, 2.24) is 24.5 Å². The van der Waals surface area contributed by atoms with E-state index in [4.69, 9.17) is 4.74 Å². The minimum Gasteiger partial charge on any atom is -0.466 e. The average Bonchev–Trinajstić information content (AvgIpc) is 3.32. The van der Waals surface area contributed by atoms with Crippen LogP contribution in [0.1, 0.15) is 56.9 Å². The van der Waals surface area contributed by atoms with Crippen LogP contribution in [0.15, 0.2) is 30.6 Å². The topological polar surface area (TPSA) is 107 Å². The molecule has 0 unspecified atom stereocenters. The first-order valence-corrected chi connectivity index (χ1v) is 10.2. The van der Waals surface area contributed by atoms with Crippen LogP contribution in [0.3, 0.4) is 0 Å². The molecule has 1 aliphatic rings. The molecule has 0 N–H and O–H groups in total. The van der Waals surface area contributed by atoms with E-state index < -0.39 is 0 Å². The molecule has 0 spiro atoms. The summed E-state index contributed by atoms with van der Waals surface area (Å²) in [5, 5.41) is 4.15. The van der Waals surface area contributed by atoms with Gasteiger partial charge in [0.1, 0.15) is 6.33 Å². The number of hydrogen-bond acceptors (Lipinski definition) is 7. The van der Waals surface area contributed by atoms with Crippen molar-refractivity contribution in [2.75, 3.05) is 13.2 Å². The largest absolute Gasteiger partial charge is 0.466 e. The number of aryl methyl sites for hydroxylation is 2. The van der Waals surface area contributed by atoms with E-state index in [0.717, 1.165) is 17.0 Å². The zero-order chi connectivity index (χ0) is 22.0. The predicted molar refractivity (Wildman–Crippen MR) is 111 cm³/mol. The Morgan fingerprint density at radius 2 is 1.77 bits per heavy atom. The molecule has 0 saturated heterocycles. The number of unbranched alkanes of at least 4 members (excludes halogenated alkanes) is 1. The maximum absolute atomic E-state index is 12.3. The zero-order valence-corrected chi connectivity index (χ0v) is 17.5. The van der Waals surface area contributed by atoms with Gasteiger partial charge in [0.05, 0.1) is 17.7 Å². The molecule has 3 heterocycles. The van der Waals surface area contributed by atoms with Gasteiger partial charge in [-0.3, -0.25) is 19.3 Å². The molecule has 0 saturated carbocycles. The molecule has 9 nitrogen and oxygen atoms in total. The SMILES string of the molecule is Cc1nc2ncnn2c(C)c1CCC(=O)OCCCCN1C(=O)c2ccccc2C1=O. The van der Waals surface area contributed by atoms with Crippen molar-refractivity contribution in [2.45, 2.75) is 39.5 Å². The summed E-state index contributed by atoms with van der Waals surface area (Å²) in [5.74, 6) is -0.278. The standard InChI is InChI=1S/C22H23N5O4/c1-14-16(15(2)27-22(25-14)23-13-24-27)9-10-19(28)31-12-6-5-11-26-20(29)17-7-3-4-8-18(17)21(26)30/h3-4,7-8,13H,5-6,9-12H2,1-2H3. The second kappa shape index (κ2) is 8.63. The van der Waals surface area contributed by atoms with Gasteiger partial charge in [0.2, 0.25) is 0 Å². The summed E-state index contributed by atoms with van der Waals surface area (Å²) in [4.78, 5) is 46.5. The molecule has 2 amide bonds. The first-order chi connectivity index (χ1) is 15.0. The number of esters is 1. The summed E-state index contributed by atoms with van der Waals surface area (Å²) in [6.07, 6.45) is 3.35. The van der Waals surface area contributed by atoms with E-state index in [0.29, 0.717) is 42.7 Å².